The third-order valence-corrected chi connectivity index (χ3v) is 5.64. The number of carbonyl (C=O) groups excluding carboxylic acids is 1. The monoisotopic (exact) mass is 371 g/mol. The van der Waals surface area contributed by atoms with Crippen LogP contribution in [-0.4, -0.2) is 33.3 Å². The summed E-state index contributed by atoms with van der Waals surface area (Å²) in [5.74, 6) is -0.118. The summed E-state index contributed by atoms with van der Waals surface area (Å²) in [7, 11) is 1.77. The zero-order chi connectivity index (χ0) is 18.7. The third kappa shape index (κ3) is 3.97. The molecule has 0 spiro atoms. The number of hydrogen-bond donors (Lipinski definition) is 2. The van der Waals surface area contributed by atoms with Gasteiger partial charge in [-0.15, -0.1) is 0 Å². The van der Waals surface area contributed by atoms with Crippen LogP contribution in [0.5, 0.6) is 0 Å². The second-order valence-electron chi connectivity index (χ2n) is 6.79. The summed E-state index contributed by atoms with van der Waals surface area (Å²) in [6.07, 6.45) is 8.07. The predicted octanol–water partition coefficient (Wildman–Crippen LogP) is 3.36. The first kappa shape index (κ1) is 18.6. The van der Waals surface area contributed by atoms with Crippen molar-refractivity contribution < 1.29 is 9.90 Å². The Morgan fingerprint density at radius 3 is 2.77 bits per heavy atom. The maximum atomic E-state index is 12.8. The fourth-order valence-corrected chi connectivity index (χ4v) is 3.76. The number of aliphatic hydroxyl groups is 1. The van der Waals surface area contributed by atoms with Crippen molar-refractivity contribution in [2.45, 2.75) is 32.4 Å². The Morgan fingerprint density at radius 1 is 1.31 bits per heavy atom. The lowest BCUT2D eigenvalue weighted by Gasteiger charge is -2.31. The molecule has 2 aliphatic rings. The van der Waals surface area contributed by atoms with Gasteiger partial charge in [0.25, 0.3) is 0 Å². The van der Waals surface area contributed by atoms with E-state index in [0.717, 1.165) is 16.8 Å². The fraction of sp³-hybridized carbons (Fsp3) is 0.350. The van der Waals surface area contributed by atoms with E-state index in [0.29, 0.717) is 6.42 Å². The average molecular weight is 372 g/mol. The van der Waals surface area contributed by atoms with E-state index in [-0.39, 0.29) is 17.9 Å². The summed E-state index contributed by atoms with van der Waals surface area (Å²) in [6, 6.07) is 9.17. The minimum absolute atomic E-state index is 0.0390. The Labute approximate surface area is 159 Å². The molecule has 2 N–H and O–H groups in total. The lowest BCUT2D eigenvalue weighted by Crippen LogP contribution is -2.41. The van der Waals surface area contributed by atoms with E-state index in [1.54, 1.807) is 11.9 Å². The van der Waals surface area contributed by atoms with Gasteiger partial charge in [0.15, 0.2) is 0 Å². The molecular formula is C20H25N3O2S. The van der Waals surface area contributed by atoms with Crippen molar-refractivity contribution in [3.8, 4) is 0 Å². The number of hydrogen-bond acceptors (Lipinski definition) is 5. The number of nitrogens with one attached hydrogen (secondary N) is 1. The molecule has 0 saturated heterocycles. The topological polar surface area (TPSA) is 55.8 Å². The first-order chi connectivity index (χ1) is 12.5. The molecular weight excluding hydrogens is 346 g/mol. The molecule has 138 valence electrons. The zero-order valence-corrected chi connectivity index (χ0v) is 16.1. The Morgan fingerprint density at radius 2 is 2.04 bits per heavy atom. The smallest absolute Gasteiger partial charge is 0.225 e. The molecule has 1 amide bonds. The van der Waals surface area contributed by atoms with Crippen molar-refractivity contribution in [1.82, 2.24) is 13.9 Å². The first-order valence-corrected chi connectivity index (χ1v) is 9.55. The Balaban J connectivity index is 1.61. The van der Waals surface area contributed by atoms with Crippen molar-refractivity contribution >= 4 is 18.0 Å². The van der Waals surface area contributed by atoms with Gasteiger partial charge >= 0.3 is 0 Å². The van der Waals surface area contributed by atoms with E-state index >= 15 is 0 Å². The maximum Gasteiger partial charge on any atom is 0.225 e. The van der Waals surface area contributed by atoms with Crippen molar-refractivity contribution in [3.05, 3.63) is 71.7 Å². The molecule has 6 heteroatoms. The number of likely N-dealkylation sites (N-methyl/N-ethyl adjacent to an activating group) is 1. The highest BCUT2D eigenvalue weighted by Gasteiger charge is 2.28. The molecule has 0 aromatic heterocycles. The van der Waals surface area contributed by atoms with Gasteiger partial charge in [0.1, 0.15) is 0 Å². The van der Waals surface area contributed by atoms with Crippen molar-refractivity contribution in [1.29, 1.82) is 0 Å². The number of aliphatic hydroxyl groups excluding tert-OH is 1. The van der Waals surface area contributed by atoms with E-state index in [2.05, 4.69) is 10.8 Å². The second-order valence-corrected chi connectivity index (χ2v) is 7.60. The maximum absolute atomic E-state index is 12.8. The van der Waals surface area contributed by atoms with Crippen LogP contribution in [0.25, 0.3) is 0 Å². The number of benzene rings is 1. The van der Waals surface area contributed by atoms with E-state index in [9.17, 15) is 9.90 Å². The summed E-state index contributed by atoms with van der Waals surface area (Å²) in [5, 5.41) is 10.6. The standard InChI is InChI=1S/C20H25N3O2S/c1-14(11-16-9-10-23-18(12-16)13-21-26-23)20(25)22(3)15(2)19(24)17-7-5-4-6-8-17/h4-10,12-15,19,21,24H,11H2,1-3H3/t14-,15+,19-/m0/s1. The summed E-state index contributed by atoms with van der Waals surface area (Å²) < 4.78 is 5.15. The van der Waals surface area contributed by atoms with Gasteiger partial charge in [0.05, 0.1) is 30.0 Å². The van der Waals surface area contributed by atoms with Gasteiger partial charge in [0, 0.05) is 25.4 Å². The van der Waals surface area contributed by atoms with Crippen LogP contribution in [0.3, 0.4) is 0 Å². The van der Waals surface area contributed by atoms with Gasteiger partial charge in [-0.3, -0.25) is 9.10 Å². The van der Waals surface area contributed by atoms with Crippen LogP contribution in [0.2, 0.25) is 0 Å². The normalized spacial score (nSPS) is 19.0. The summed E-state index contributed by atoms with van der Waals surface area (Å²) in [5.41, 5.74) is 3.04. The molecule has 1 aromatic carbocycles. The lowest BCUT2D eigenvalue weighted by atomic mass is 9.96. The molecule has 0 saturated carbocycles. The van der Waals surface area contributed by atoms with Crippen LogP contribution in [0.15, 0.2) is 66.2 Å². The number of carbonyl (C=O) groups is 1. The number of fused-ring (bicyclic) bond motifs is 1. The fourth-order valence-electron chi connectivity index (χ4n) is 3.14. The molecule has 0 unspecified atom stereocenters. The molecule has 0 fully saturated rings. The minimum Gasteiger partial charge on any atom is -0.386 e. The molecule has 0 radical (unpaired) electrons. The molecule has 3 rings (SSSR count). The van der Waals surface area contributed by atoms with Crippen molar-refractivity contribution in [2.75, 3.05) is 7.05 Å². The number of amides is 1. The Bertz CT molecular complexity index is 745. The molecule has 2 heterocycles. The highest BCUT2D eigenvalue weighted by atomic mass is 32.2. The van der Waals surface area contributed by atoms with E-state index < -0.39 is 6.10 Å². The van der Waals surface area contributed by atoms with Gasteiger partial charge in [-0.1, -0.05) is 37.3 Å². The molecule has 2 aliphatic heterocycles. The SMILES string of the molecule is C[C@H]([C@H](O)c1ccccc1)N(C)C(=O)[C@@H](C)CC1=CC2=CNSN2C=C1. The number of rotatable bonds is 6. The highest BCUT2D eigenvalue weighted by Crippen LogP contribution is 2.30. The number of nitrogens with zero attached hydrogens (tertiary/aromatic N) is 2. The summed E-state index contributed by atoms with van der Waals surface area (Å²) >= 11 is 1.52. The molecule has 0 bridgehead atoms. The van der Waals surface area contributed by atoms with Crippen molar-refractivity contribution in [2.24, 2.45) is 5.92 Å². The number of allylic oxidation sites excluding steroid dienone is 3. The Hall–Kier alpha value is -2.18. The van der Waals surface area contributed by atoms with E-state index in [4.69, 9.17) is 0 Å². The quantitative estimate of drug-likeness (QED) is 0.751. The molecule has 0 aliphatic carbocycles. The van der Waals surface area contributed by atoms with Crippen LogP contribution in [0, 0.1) is 5.92 Å². The lowest BCUT2D eigenvalue weighted by molar-refractivity contribution is -0.137. The first-order valence-electron chi connectivity index (χ1n) is 8.77. The zero-order valence-electron chi connectivity index (χ0n) is 15.3. The Kier molecular flexibility index (Phi) is 5.74. The van der Waals surface area contributed by atoms with Gasteiger partial charge < -0.3 is 14.7 Å². The van der Waals surface area contributed by atoms with Crippen LogP contribution in [0.4, 0.5) is 0 Å². The largest absolute Gasteiger partial charge is 0.386 e. The van der Waals surface area contributed by atoms with Gasteiger partial charge in [0.2, 0.25) is 5.91 Å². The highest BCUT2D eigenvalue weighted by molar-refractivity contribution is 7.95. The van der Waals surface area contributed by atoms with Crippen LogP contribution < -0.4 is 4.72 Å². The summed E-state index contributed by atoms with van der Waals surface area (Å²) in [6.45, 7) is 3.82. The third-order valence-electron chi connectivity index (χ3n) is 4.89. The van der Waals surface area contributed by atoms with Gasteiger partial charge in [-0.05, 0) is 36.6 Å². The van der Waals surface area contributed by atoms with Crippen LogP contribution in [0.1, 0.15) is 31.9 Å². The average Bonchev–Trinajstić information content (AvgIpc) is 3.14. The second kappa shape index (κ2) is 8.01. The van der Waals surface area contributed by atoms with Gasteiger partial charge in [-0.2, -0.15) is 0 Å². The van der Waals surface area contributed by atoms with E-state index in [1.165, 1.54) is 12.1 Å². The molecule has 5 nitrogen and oxygen atoms in total. The predicted molar refractivity (Wildman–Crippen MR) is 105 cm³/mol. The van der Waals surface area contributed by atoms with Crippen LogP contribution in [-0.2, 0) is 4.79 Å². The summed E-state index contributed by atoms with van der Waals surface area (Å²) in [4.78, 5) is 14.5. The van der Waals surface area contributed by atoms with Crippen molar-refractivity contribution in [3.63, 3.8) is 0 Å². The minimum atomic E-state index is -0.702. The van der Waals surface area contributed by atoms with Crippen LogP contribution >= 0.6 is 12.1 Å². The molecule has 3 atom stereocenters. The van der Waals surface area contributed by atoms with Gasteiger partial charge in [-0.25, -0.2) is 0 Å². The molecule has 1 aromatic rings. The van der Waals surface area contributed by atoms with E-state index in [1.807, 2.05) is 67.0 Å². The molecule has 26 heavy (non-hydrogen) atoms.